The molecule has 1 fully saturated rings. The lowest BCUT2D eigenvalue weighted by atomic mass is 10.2. The fourth-order valence-corrected chi connectivity index (χ4v) is 2.92. The molecule has 3 heterocycles. The predicted molar refractivity (Wildman–Crippen MR) is 102 cm³/mol. The van der Waals surface area contributed by atoms with E-state index in [1.165, 1.54) is 0 Å². The van der Waals surface area contributed by atoms with E-state index in [1.807, 2.05) is 29.2 Å². The van der Waals surface area contributed by atoms with Crippen molar-refractivity contribution >= 4 is 17.4 Å². The van der Waals surface area contributed by atoms with E-state index in [2.05, 4.69) is 20.2 Å². The number of hydrogen-bond acceptors (Lipinski definition) is 6. The van der Waals surface area contributed by atoms with Crippen LogP contribution in [0.15, 0.2) is 42.7 Å². The Balaban J connectivity index is 1.50. The number of carbonyl (C=O) groups excluding carboxylic acids is 1. The molecular formula is C19H25N5O2. The summed E-state index contributed by atoms with van der Waals surface area (Å²) in [4.78, 5) is 25.4. The first-order chi connectivity index (χ1) is 12.8. The Kier molecular flexibility index (Phi) is 6.38. The van der Waals surface area contributed by atoms with Crippen molar-refractivity contribution in [2.75, 3.05) is 56.7 Å². The number of nitrogens with one attached hydrogen (secondary N) is 1. The van der Waals surface area contributed by atoms with E-state index in [4.69, 9.17) is 4.74 Å². The number of aromatic nitrogens is 2. The van der Waals surface area contributed by atoms with Crippen molar-refractivity contribution in [3.05, 3.63) is 48.4 Å². The van der Waals surface area contributed by atoms with Gasteiger partial charge in [-0.1, -0.05) is 6.07 Å². The van der Waals surface area contributed by atoms with Crippen LogP contribution in [0, 0.1) is 0 Å². The number of methoxy groups -OCH3 is 1. The van der Waals surface area contributed by atoms with E-state index in [0.717, 1.165) is 44.2 Å². The minimum Gasteiger partial charge on any atom is -0.385 e. The summed E-state index contributed by atoms with van der Waals surface area (Å²) in [5, 5.41) is 3.27. The first-order valence-electron chi connectivity index (χ1n) is 8.92. The van der Waals surface area contributed by atoms with Crippen LogP contribution in [0.1, 0.15) is 16.9 Å². The molecule has 0 aromatic carbocycles. The maximum Gasteiger partial charge on any atom is 0.272 e. The first kappa shape index (κ1) is 18.1. The summed E-state index contributed by atoms with van der Waals surface area (Å²) in [6, 6.07) is 9.57. The lowest BCUT2D eigenvalue weighted by Gasteiger charge is -2.35. The molecule has 138 valence electrons. The van der Waals surface area contributed by atoms with Crippen LogP contribution in [0.25, 0.3) is 0 Å². The van der Waals surface area contributed by atoms with Crippen molar-refractivity contribution in [3.8, 4) is 0 Å². The summed E-state index contributed by atoms with van der Waals surface area (Å²) in [5.41, 5.74) is 1.40. The van der Waals surface area contributed by atoms with Crippen LogP contribution in [-0.2, 0) is 4.74 Å². The Hall–Kier alpha value is -2.67. The molecule has 0 saturated carbocycles. The van der Waals surface area contributed by atoms with Crippen molar-refractivity contribution in [3.63, 3.8) is 0 Å². The number of anilines is 2. The van der Waals surface area contributed by atoms with E-state index in [0.29, 0.717) is 18.8 Å². The molecule has 7 nitrogen and oxygen atoms in total. The largest absolute Gasteiger partial charge is 0.385 e. The molecule has 0 unspecified atom stereocenters. The van der Waals surface area contributed by atoms with Gasteiger partial charge >= 0.3 is 0 Å². The fraction of sp³-hybridized carbons (Fsp3) is 0.421. The molecule has 1 amide bonds. The van der Waals surface area contributed by atoms with Gasteiger partial charge in [-0.3, -0.25) is 4.79 Å². The summed E-state index contributed by atoms with van der Waals surface area (Å²) in [6.45, 7) is 4.45. The van der Waals surface area contributed by atoms with Crippen LogP contribution < -0.4 is 10.2 Å². The number of nitrogens with zero attached hydrogens (tertiary/aromatic N) is 4. The van der Waals surface area contributed by atoms with Gasteiger partial charge < -0.3 is 19.9 Å². The zero-order valence-electron chi connectivity index (χ0n) is 15.1. The molecule has 0 spiro atoms. The molecule has 0 aliphatic carbocycles. The summed E-state index contributed by atoms with van der Waals surface area (Å²) >= 11 is 0. The van der Waals surface area contributed by atoms with Crippen LogP contribution in [0.3, 0.4) is 0 Å². The minimum atomic E-state index is -0.0170. The molecule has 2 aromatic heterocycles. The topological polar surface area (TPSA) is 70.6 Å². The fourth-order valence-electron chi connectivity index (χ4n) is 2.92. The molecule has 0 bridgehead atoms. The Morgan fingerprint density at radius 1 is 1.15 bits per heavy atom. The summed E-state index contributed by atoms with van der Waals surface area (Å²) < 4.78 is 5.02. The smallest absolute Gasteiger partial charge is 0.272 e. The number of pyridine rings is 2. The highest BCUT2D eigenvalue weighted by molar-refractivity contribution is 5.92. The standard InChI is InChI=1S/C19H25N5O2/c1-26-14-4-9-20-16-6-7-17(22-15-16)19(25)24-12-10-23(11-13-24)18-5-2-3-8-21-18/h2-3,5-8,15,20H,4,9-14H2,1H3. The Bertz CT molecular complexity index is 685. The molecule has 0 atom stereocenters. The number of piperazine rings is 1. The molecule has 1 aliphatic rings. The summed E-state index contributed by atoms with van der Waals surface area (Å²) in [6.07, 6.45) is 4.43. The Morgan fingerprint density at radius 2 is 2.00 bits per heavy atom. The zero-order valence-corrected chi connectivity index (χ0v) is 15.1. The Morgan fingerprint density at radius 3 is 2.65 bits per heavy atom. The van der Waals surface area contributed by atoms with E-state index >= 15 is 0 Å². The highest BCUT2D eigenvalue weighted by Gasteiger charge is 2.23. The van der Waals surface area contributed by atoms with Gasteiger partial charge in [0.2, 0.25) is 0 Å². The quantitative estimate of drug-likeness (QED) is 0.765. The third-order valence-electron chi connectivity index (χ3n) is 4.38. The monoisotopic (exact) mass is 355 g/mol. The van der Waals surface area contributed by atoms with Crippen LogP contribution in [0.5, 0.6) is 0 Å². The third-order valence-corrected chi connectivity index (χ3v) is 4.38. The second kappa shape index (κ2) is 9.15. The highest BCUT2D eigenvalue weighted by Crippen LogP contribution is 2.14. The SMILES string of the molecule is COCCCNc1ccc(C(=O)N2CCN(c3ccccn3)CC2)nc1. The third kappa shape index (κ3) is 4.70. The van der Waals surface area contributed by atoms with E-state index in [1.54, 1.807) is 25.6 Å². The molecule has 1 aliphatic heterocycles. The van der Waals surface area contributed by atoms with Gasteiger partial charge in [-0.25, -0.2) is 9.97 Å². The second-order valence-electron chi connectivity index (χ2n) is 6.17. The average Bonchev–Trinajstić information content (AvgIpc) is 2.72. The van der Waals surface area contributed by atoms with Crippen molar-refractivity contribution in [2.24, 2.45) is 0 Å². The molecule has 7 heteroatoms. The normalized spacial score (nSPS) is 14.3. The van der Waals surface area contributed by atoms with E-state index in [-0.39, 0.29) is 5.91 Å². The van der Waals surface area contributed by atoms with Crippen molar-refractivity contribution in [1.82, 2.24) is 14.9 Å². The molecule has 2 aromatic rings. The lowest BCUT2D eigenvalue weighted by Crippen LogP contribution is -2.49. The van der Waals surface area contributed by atoms with Gasteiger partial charge in [-0.05, 0) is 30.7 Å². The summed E-state index contributed by atoms with van der Waals surface area (Å²) in [7, 11) is 1.69. The van der Waals surface area contributed by atoms with Crippen molar-refractivity contribution in [2.45, 2.75) is 6.42 Å². The second-order valence-corrected chi connectivity index (χ2v) is 6.17. The first-order valence-corrected chi connectivity index (χ1v) is 8.92. The lowest BCUT2D eigenvalue weighted by molar-refractivity contribution is 0.0740. The molecule has 1 saturated heterocycles. The van der Waals surface area contributed by atoms with Gasteiger partial charge in [0.25, 0.3) is 5.91 Å². The van der Waals surface area contributed by atoms with Crippen molar-refractivity contribution in [1.29, 1.82) is 0 Å². The predicted octanol–water partition coefficient (Wildman–Crippen LogP) is 1.89. The van der Waals surface area contributed by atoms with Gasteiger partial charge in [0.05, 0.1) is 11.9 Å². The Labute approximate surface area is 154 Å². The number of amides is 1. The van der Waals surface area contributed by atoms with Gasteiger partial charge in [-0.15, -0.1) is 0 Å². The minimum absolute atomic E-state index is 0.0170. The zero-order chi connectivity index (χ0) is 18.2. The van der Waals surface area contributed by atoms with Gasteiger partial charge in [0.1, 0.15) is 11.5 Å². The molecular weight excluding hydrogens is 330 g/mol. The van der Waals surface area contributed by atoms with Crippen LogP contribution in [0.4, 0.5) is 11.5 Å². The van der Waals surface area contributed by atoms with Crippen molar-refractivity contribution < 1.29 is 9.53 Å². The number of carbonyl (C=O) groups is 1. The molecule has 0 radical (unpaired) electrons. The number of rotatable bonds is 7. The van der Waals surface area contributed by atoms with E-state index in [9.17, 15) is 4.79 Å². The van der Waals surface area contributed by atoms with Crippen LogP contribution in [-0.4, -0.2) is 67.2 Å². The van der Waals surface area contributed by atoms with Crippen LogP contribution >= 0.6 is 0 Å². The van der Waals surface area contributed by atoms with Crippen LogP contribution in [0.2, 0.25) is 0 Å². The van der Waals surface area contributed by atoms with Gasteiger partial charge in [0.15, 0.2) is 0 Å². The number of ether oxygens (including phenoxy) is 1. The maximum absolute atomic E-state index is 12.6. The highest BCUT2D eigenvalue weighted by atomic mass is 16.5. The molecule has 3 rings (SSSR count). The van der Waals surface area contributed by atoms with Gasteiger partial charge in [0, 0.05) is 52.6 Å². The average molecular weight is 355 g/mol. The molecule has 1 N–H and O–H groups in total. The molecule has 26 heavy (non-hydrogen) atoms. The van der Waals surface area contributed by atoms with Gasteiger partial charge in [-0.2, -0.15) is 0 Å². The number of hydrogen-bond donors (Lipinski definition) is 1. The maximum atomic E-state index is 12.6. The summed E-state index contributed by atoms with van der Waals surface area (Å²) in [5.74, 6) is 0.943. The van der Waals surface area contributed by atoms with E-state index < -0.39 is 0 Å².